The molecule has 0 atom stereocenters. The Bertz CT molecular complexity index is 544. The summed E-state index contributed by atoms with van der Waals surface area (Å²) in [5.74, 6) is -0.0202. The van der Waals surface area contributed by atoms with E-state index in [4.69, 9.17) is 0 Å². The van der Waals surface area contributed by atoms with Gasteiger partial charge in [-0.05, 0) is 34.0 Å². The fourth-order valence-electron chi connectivity index (χ4n) is 1.28. The Morgan fingerprint density at radius 3 is 2.53 bits per heavy atom. The van der Waals surface area contributed by atoms with Crippen molar-refractivity contribution in [2.45, 2.75) is 18.7 Å². The van der Waals surface area contributed by atoms with Crippen LogP contribution in [0.15, 0.2) is 33.6 Å². The summed E-state index contributed by atoms with van der Waals surface area (Å²) in [4.78, 5) is 11.6. The van der Waals surface area contributed by atoms with Crippen molar-refractivity contribution in [2.75, 3.05) is 13.1 Å². The molecule has 19 heavy (non-hydrogen) atoms. The van der Waals surface area contributed by atoms with Gasteiger partial charge in [0.05, 0.1) is 11.4 Å². The maximum Gasteiger partial charge on any atom is 0.242 e. The van der Waals surface area contributed by atoms with Crippen LogP contribution in [0.3, 0.4) is 0 Å². The largest absolute Gasteiger partial charge is 0.355 e. The summed E-state index contributed by atoms with van der Waals surface area (Å²) in [6.07, 6.45) is 0. The van der Waals surface area contributed by atoms with Gasteiger partial charge >= 0.3 is 0 Å². The highest BCUT2D eigenvalue weighted by Crippen LogP contribution is 2.20. The first kappa shape index (κ1) is 16.1. The third-order valence-electron chi connectivity index (χ3n) is 2.26. The molecule has 0 spiro atoms. The fraction of sp³-hybridized carbons (Fsp3) is 0.417. The molecule has 0 bridgehead atoms. The molecule has 0 aliphatic heterocycles. The number of amides is 1. The molecule has 0 aliphatic rings. The lowest BCUT2D eigenvalue weighted by atomic mass is 10.2. The van der Waals surface area contributed by atoms with Gasteiger partial charge < -0.3 is 5.32 Å². The van der Waals surface area contributed by atoms with E-state index in [1.54, 1.807) is 18.2 Å². The molecule has 0 aliphatic carbocycles. The highest BCUT2D eigenvalue weighted by Gasteiger charge is 2.17. The summed E-state index contributed by atoms with van der Waals surface area (Å²) < 4.78 is 26.7. The molecule has 7 heteroatoms. The molecule has 5 nitrogen and oxygen atoms in total. The molecular weight excluding hydrogens is 332 g/mol. The van der Waals surface area contributed by atoms with E-state index >= 15 is 0 Å². The average Bonchev–Trinajstić information content (AvgIpc) is 2.34. The zero-order valence-corrected chi connectivity index (χ0v) is 13.2. The highest BCUT2D eigenvalue weighted by atomic mass is 79.9. The lowest BCUT2D eigenvalue weighted by molar-refractivity contribution is -0.120. The van der Waals surface area contributed by atoms with Crippen molar-refractivity contribution < 1.29 is 13.2 Å². The third-order valence-corrected chi connectivity index (χ3v) is 4.67. The maximum absolute atomic E-state index is 12.0. The van der Waals surface area contributed by atoms with Crippen molar-refractivity contribution in [3.05, 3.63) is 28.7 Å². The van der Waals surface area contributed by atoms with E-state index in [-0.39, 0.29) is 17.3 Å². The molecule has 0 saturated heterocycles. The van der Waals surface area contributed by atoms with Crippen molar-refractivity contribution in [1.82, 2.24) is 10.0 Å². The Balaban J connectivity index is 2.62. The van der Waals surface area contributed by atoms with Crippen LogP contribution in [-0.4, -0.2) is 27.4 Å². The first-order valence-electron chi connectivity index (χ1n) is 5.84. The van der Waals surface area contributed by atoms with Gasteiger partial charge in [-0.1, -0.05) is 26.0 Å². The van der Waals surface area contributed by atoms with Crippen molar-refractivity contribution >= 4 is 31.9 Å². The van der Waals surface area contributed by atoms with Gasteiger partial charge in [0, 0.05) is 11.0 Å². The van der Waals surface area contributed by atoms with E-state index < -0.39 is 10.0 Å². The Kier molecular flexibility index (Phi) is 5.96. The lowest BCUT2D eigenvalue weighted by Gasteiger charge is -2.10. The number of halogens is 1. The van der Waals surface area contributed by atoms with E-state index in [2.05, 4.69) is 26.0 Å². The molecule has 2 N–H and O–H groups in total. The van der Waals surface area contributed by atoms with Crippen LogP contribution in [0, 0.1) is 5.92 Å². The first-order valence-corrected chi connectivity index (χ1v) is 8.11. The predicted octanol–water partition coefficient (Wildman–Crippen LogP) is 1.50. The maximum atomic E-state index is 12.0. The number of hydrogen-bond acceptors (Lipinski definition) is 3. The molecule has 0 fully saturated rings. The van der Waals surface area contributed by atoms with Crippen molar-refractivity contribution in [1.29, 1.82) is 0 Å². The summed E-state index contributed by atoms with van der Waals surface area (Å²) in [5, 5.41) is 2.64. The van der Waals surface area contributed by atoms with Gasteiger partial charge in [0.25, 0.3) is 0 Å². The number of rotatable bonds is 6. The van der Waals surface area contributed by atoms with Gasteiger partial charge in [0.2, 0.25) is 15.9 Å². The molecular formula is C12H17BrN2O3S. The molecule has 1 rings (SSSR count). The average molecular weight is 349 g/mol. The second kappa shape index (κ2) is 7.02. The Hall–Kier alpha value is -0.920. The minimum atomic E-state index is -3.68. The van der Waals surface area contributed by atoms with E-state index in [1.165, 1.54) is 6.07 Å². The Morgan fingerprint density at radius 1 is 1.32 bits per heavy atom. The van der Waals surface area contributed by atoms with E-state index in [0.717, 1.165) is 0 Å². The first-order chi connectivity index (χ1) is 8.83. The van der Waals surface area contributed by atoms with Crippen LogP contribution >= 0.6 is 15.9 Å². The molecule has 1 aromatic carbocycles. The van der Waals surface area contributed by atoms with Crippen molar-refractivity contribution in [2.24, 2.45) is 5.92 Å². The van der Waals surface area contributed by atoms with Gasteiger partial charge in [-0.25, -0.2) is 13.1 Å². The summed E-state index contributed by atoms with van der Waals surface area (Å²) in [6.45, 7) is 4.18. The molecule has 0 heterocycles. The van der Waals surface area contributed by atoms with Crippen molar-refractivity contribution in [3.63, 3.8) is 0 Å². The molecule has 1 aromatic rings. The normalized spacial score (nSPS) is 11.6. The SMILES string of the molecule is CC(C)CNC(=O)CNS(=O)(=O)c1ccccc1Br. The quantitative estimate of drug-likeness (QED) is 0.817. The number of carbonyl (C=O) groups excluding carboxylic acids is 1. The molecule has 0 aromatic heterocycles. The third kappa shape index (κ3) is 5.30. The number of hydrogen-bond donors (Lipinski definition) is 2. The minimum absolute atomic E-state index is 0.117. The minimum Gasteiger partial charge on any atom is -0.355 e. The molecule has 1 amide bonds. The fourth-order valence-corrected chi connectivity index (χ4v) is 3.26. The highest BCUT2D eigenvalue weighted by molar-refractivity contribution is 9.10. The van der Waals surface area contributed by atoms with E-state index in [9.17, 15) is 13.2 Å². The monoisotopic (exact) mass is 348 g/mol. The Labute approximate surface area is 122 Å². The van der Waals surface area contributed by atoms with Gasteiger partial charge in [0.1, 0.15) is 0 Å². The summed E-state index contributed by atoms with van der Waals surface area (Å²) >= 11 is 3.17. The van der Waals surface area contributed by atoms with E-state index in [1.807, 2.05) is 13.8 Å². The second-order valence-corrected chi connectivity index (χ2v) is 7.04. The summed E-state index contributed by atoms with van der Waals surface area (Å²) in [5.41, 5.74) is 0. The van der Waals surface area contributed by atoms with Crippen LogP contribution in [-0.2, 0) is 14.8 Å². The standard InChI is InChI=1S/C12H17BrN2O3S/c1-9(2)7-14-12(16)8-15-19(17,18)11-6-4-3-5-10(11)13/h3-6,9,15H,7-8H2,1-2H3,(H,14,16). The molecule has 0 saturated carbocycles. The lowest BCUT2D eigenvalue weighted by Crippen LogP contribution is -2.38. The topological polar surface area (TPSA) is 75.3 Å². The van der Waals surface area contributed by atoms with Crippen LogP contribution in [0.4, 0.5) is 0 Å². The van der Waals surface area contributed by atoms with Crippen LogP contribution in [0.5, 0.6) is 0 Å². The van der Waals surface area contributed by atoms with Crippen LogP contribution < -0.4 is 10.0 Å². The number of sulfonamides is 1. The summed E-state index contributed by atoms with van der Waals surface area (Å²) in [6, 6.07) is 6.45. The number of carbonyl (C=O) groups is 1. The van der Waals surface area contributed by atoms with Gasteiger partial charge in [0.15, 0.2) is 0 Å². The number of benzene rings is 1. The summed E-state index contributed by atoms with van der Waals surface area (Å²) in [7, 11) is -3.68. The molecule has 106 valence electrons. The van der Waals surface area contributed by atoms with Crippen LogP contribution in [0.2, 0.25) is 0 Å². The zero-order valence-electron chi connectivity index (χ0n) is 10.8. The predicted molar refractivity (Wildman–Crippen MR) is 77.2 cm³/mol. The van der Waals surface area contributed by atoms with Crippen LogP contribution in [0.1, 0.15) is 13.8 Å². The second-order valence-electron chi connectivity index (χ2n) is 4.45. The van der Waals surface area contributed by atoms with Gasteiger partial charge in [-0.15, -0.1) is 0 Å². The van der Waals surface area contributed by atoms with Gasteiger partial charge in [-0.2, -0.15) is 0 Å². The van der Waals surface area contributed by atoms with Crippen LogP contribution in [0.25, 0.3) is 0 Å². The molecule has 0 unspecified atom stereocenters. The van der Waals surface area contributed by atoms with Gasteiger partial charge in [-0.3, -0.25) is 4.79 Å². The Morgan fingerprint density at radius 2 is 1.95 bits per heavy atom. The van der Waals surface area contributed by atoms with Crippen molar-refractivity contribution in [3.8, 4) is 0 Å². The number of nitrogens with one attached hydrogen (secondary N) is 2. The zero-order chi connectivity index (χ0) is 14.5. The van der Waals surface area contributed by atoms with E-state index in [0.29, 0.717) is 16.9 Å². The smallest absolute Gasteiger partial charge is 0.242 e. The molecule has 0 radical (unpaired) electrons.